The van der Waals surface area contributed by atoms with Gasteiger partial charge in [-0.25, -0.2) is 4.99 Å². The van der Waals surface area contributed by atoms with Crippen LogP contribution in [0.2, 0.25) is 0 Å². The fourth-order valence-electron chi connectivity index (χ4n) is 3.03. The van der Waals surface area contributed by atoms with E-state index in [0.717, 1.165) is 24.8 Å². The summed E-state index contributed by atoms with van der Waals surface area (Å²) in [6.07, 6.45) is 16.4. The Kier molecular flexibility index (Phi) is 9.82. The number of hydrogen-bond acceptors (Lipinski definition) is 2. The van der Waals surface area contributed by atoms with Crippen molar-refractivity contribution in [2.75, 3.05) is 6.61 Å². The summed E-state index contributed by atoms with van der Waals surface area (Å²) in [6.45, 7) is 9.70. The van der Waals surface area contributed by atoms with E-state index in [1.165, 1.54) is 70.6 Å². The largest absolute Gasteiger partial charge is 0.478 e. The third-order valence-electron chi connectivity index (χ3n) is 4.44. The standard InChI is InChI=1S/C20H39NO/c1-18(2)15-13-11-9-7-5-6-8-10-12-14-16-19-21-20(3,4)17-22-19/h18H,5-17H2,1-4H3. The lowest BCUT2D eigenvalue weighted by Gasteiger charge is -2.07. The van der Waals surface area contributed by atoms with E-state index in [4.69, 9.17) is 4.74 Å². The molecule has 130 valence electrons. The maximum absolute atomic E-state index is 5.62. The molecule has 0 unspecified atom stereocenters. The first-order valence-corrected chi connectivity index (χ1v) is 9.71. The highest BCUT2D eigenvalue weighted by Gasteiger charge is 2.25. The highest BCUT2D eigenvalue weighted by atomic mass is 16.5. The van der Waals surface area contributed by atoms with Crippen molar-refractivity contribution < 1.29 is 4.74 Å². The summed E-state index contributed by atoms with van der Waals surface area (Å²) in [7, 11) is 0. The van der Waals surface area contributed by atoms with Crippen LogP contribution in [0.1, 0.15) is 105 Å². The van der Waals surface area contributed by atoms with E-state index < -0.39 is 0 Å². The summed E-state index contributed by atoms with van der Waals surface area (Å²) in [5.74, 6) is 1.87. The lowest BCUT2D eigenvalue weighted by atomic mass is 10.0. The van der Waals surface area contributed by atoms with Crippen LogP contribution in [0.15, 0.2) is 4.99 Å². The number of nitrogens with zero attached hydrogens (tertiary/aromatic N) is 1. The minimum Gasteiger partial charge on any atom is -0.478 e. The predicted molar refractivity (Wildman–Crippen MR) is 97.7 cm³/mol. The lowest BCUT2D eigenvalue weighted by Crippen LogP contribution is -2.17. The Balaban J connectivity index is 1.79. The first-order valence-electron chi connectivity index (χ1n) is 9.71. The molecule has 0 amide bonds. The zero-order chi connectivity index (χ0) is 16.3. The van der Waals surface area contributed by atoms with E-state index in [1.54, 1.807) is 0 Å². The predicted octanol–water partition coefficient (Wildman–Crippen LogP) is 6.53. The van der Waals surface area contributed by atoms with Crippen molar-refractivity contribution in [3.8, 4) is 0 Å². The smallest absolute Gasteiger partial charge is 0.183 e. The van der Waals surface area contributed by atoms with Crippen LogP contribution in [0.5, 0.6) is 0 Å². The third-order valence-corrected chi connectivity index (χ3v) is 4.44. The second-order valence-corrected chi connectivity index (χ2v) is 8.07. The molecule has 0 fully saturated rings. The van der Waals surface area contributed by atoms with Crippen molar-refractivity contribution in [3.63, 3.8) is 0 Å². The molecule has 0 N–H and O–H groups in total. The van der Waals surface area contributed by atoms with Crippen LogP contribution in [0, 0.1) is 5.92 Å². The fraction of sp³-hybridized carbons (Fsp3) is 0.950. The van der Waals surface area contributed by atoms with Gasteiger partial charge in [-0.2, -0.15) is 0 Å². The zero-order valence-electron chi connectivity index (χ0n) is 15.6. The van der Waals surface area contributed by atoms with Crippen molar-refractivity contribution >= 4 is 5.90 Å². The minimum atomic E-state index is 0.0184. The third kappa shape index (κ3) is 10.2. The Bertz CT molecular complexity index is 307. The Morgan fingerprint density at radius 2 is 1.36 bits per heavy atom. The molecule has 1 rings (SSSR count). The minimum absolute atomic E-state index is 0.0184. The maximum Gasteiger partial charge on any atom is 0.183 e. The van der Waals surface area contributed by atoms with Crippen LogP contribution in [0.25, 0.3) is 0 Å². The van der Waals surface area contributed by atoms with Crippen LogP contribution in [-0.2, 0) is 4.74 Å². The molecule has 22 heavy (non-hydrogen) atoms. The Morgan fingerprint density at radius 3 is 1.82 bits per heavy atom. The molecule has 0 aromatic carbocycles. The van der Waals surface area contributed by atoms with Gasteiger partial charge in [0.1, 0.15) is 6.61 Å². The quantitative estimate of drug-likeness (QED) is 0.354. The summed E-state index contributed by atoms with van der Waals surface area (Å²) < 4.78 is 5.62. The summed E-state index contributed by atoms with van der Waals surface area (Å²) in [6, 6.07) is 0. The van der Waals surface area contributed by atoms with Gasteiger partial charge in [0, 0.05) is 6.42 Å². The average molecular weight is 310 g/mol. The molecule has 0 aromatic heterocycles. The topological polar surface area (TPSA) is 21.6 Å². The Hall–Kier alpha value is -0.530. The molecule has 0 atom stereocenters. The first kappa shape index (κ1) is 19.5. The van der Waals surface area contributed by atoms with Crippen molar-refractivity contribution in [1.82, 2.24) is 0 Å². The second-order valence-electron chi connectivity index (χ2n) is 8.07. The van der Waals surface area contributed by atoms with Gasteiger partial charge in [-0.1, -0.05) is 78.1 Å². The molecule has 0 bridgehead atoms. The van der Waals surface area contributed by atoms with Crippen LogP contribution >= 0.6 is 0 Å². The number of aliphatic imine (C=N–C) groups is 1. The van der Waals surface area contributed by atoms with Crippen LogP contribution < -0.4 is 0 Å². The number of rotatable bonds is 13. The molecule has 1 heterocycles. The molecule has 1 aliphatic heterocycles. The Morgan fingerprint density at radius 1 is 0.864 bits per heavy atom. The van der Waals surface area contributed by atoms with Crippen LogP contribution in [0.3, 0.4) is 0 Å². The molecule has 2 nitrogen and oxygen atoms in total. The van der Waals surface area contributed by atoms with Gasteiger partial charge in [-0.15, -0.1) is 0 Å². The molecule has 0 aliphatic carbocycles. The molecule has 0 aromatic rings. The normalized spacial score (nSPS) is 16.9. The number of hydrogen-bond donors (Lipinski definition) is 0. The van der Waals surface area contributed by atoms with Gasteiger partial charge in [0.15, 0.2) is 5.90 Å². The SMILES string of the molecule is CC(C)CCCCCCCCCCCCC1=NC(C)(C)CO1. The van der Waals surface area contributed by atoms with E-state index in [1.807, 2.05) is 0 Å². The molecular formula is C20H39NO. The van der Waals surface area contributed by atoms with Crippen LogP contribution in [-0.4, -0.2) is 18.0 Å². The highest BCUT2D eigenvalue weighted by molar-refractivity contribution is 5.78. The summed E-state index contributed by atoms with van der Waals surface area (Å²) in [5, 5.41) is 0. The highest BCUT2D eigenvalue weighted by Crippen LogP contribution is 2.20. The number of ether oxygens (including phenoxy) is 1. The second kappa shape index (κ2) is 11.1. The van der Waals surface area contributed by atoms with E-state index in [-0.39, 0.29) is 5.54 Å². The van der Waals surface area contributed by atoms with Gasteiger partial charge in [0.25, 0.3) is 0 Å². The van der Waals surface area contributed by atoms with Crippen molar-refractivity contribution in [3.05, 3.63) is 0 Å². The molecule has 1 aliphatic rings. The molecule has 0 saturated carbocycles. The van der Waals surface area contributed by atoms with Gasteiger partial charge >= 0.3 is 0 Å². The Labute approximate surface area is 139 Å². The van der Waals surface area contributed by atoms with E-state index in [2.05, 4.69) is 32.7 Å². The number of unbranched alkanes of at least 4 members (excludes halogenated alkanes) is 9. The summed E-state index contributed by atoms with van der Waals surface area (Å²) in [5.41, 5.74) is 0.0184. The van der Waals surface area contributed by atoms with Gasteiger partial charge in [0.2, 0.25) is 0 Å². The first-order chi connectivity index (χ1) is 10.5. The van der Waals surface area contributed by atoms with E-state index in [0.29, 0.717) is 0 Å². The fourth-order valence-corrected chi connectivity index (χ4v) is 3.03. The summed E-state index contributed by atoms with van der Waals surface area (Å²) >= 11 is 0. The molecule has 0 saturated heterocycles. The molecule has 0 spiro atoms. The van der Waals surface area contributed by atoms with E-state index in [9.17, 15) is 0 Å². The lowest BCUT2D eigenvalue weighted by molar-refractivity contribution is 0.273. The van der Waals surface area contributed by atoms with Crippen molar-refractivity contribution in [2.45, 2.75) is 110 Å². The van der Waals surface area contributed by atoms with Gasteiger partial charge in [-0.05, 0) is 26.2 Å². The van der Waals surface area contributed by atoms with Gasteiger partial charge in [-0.3, -0.25) is 0 Å². The van der Waals surface area contributed by atoms with Crippen molar-refractivity contribution in [2.24, 2.45) is 10.9 Å². The molecular weight excluding hydrogens is 270 g/mol. The maximum atomic E-state index is 5.62. The van der Waals surface area contributed by atoms with E-state index >= 15 is 0 Å². The summed E-state index contributed by atoms with van der Waals surface area (Å²) in [4.78, 5) is 4.61. The molecule has 0 radical (unpaired) electrons. The zero-order valence-corrected chi connectivity index (χ0v) is 15.6. The van der Waals surface area contributed by atoms with Crippen molar-refractivity contribution in [1.29, 1.82) is 0 Å². The monoisotopic (exact) mass is 309 g/mol. The molecule has 2 heteroatoms. The van der Waals surface area contributed by atoms with Gasteiger partial charge in [0.05, 0.1) is 5.54 Å². The van der Waals surface area contributed by atoms with Crippen LogP contribution in [0.4, 0.5) is 0 Å². The van der Waals surface area contributed by atoms with Gasteiger partial charge < -0.3 is 4.74 Å². The average Bonchev–Trinajstić information content (AvgIpc) is 2.79.